The number of methoxy groups -OCH3 is 1. The van der Waals surface area contributed by atoms with Gasteiger partial charge in [0.2, 0.25) is 0 Å². The van der Waals surface area contributed by atoms with Gasteiger partial charge in [0, 0.05) is 6.20 Å². The number of rotatable bonds is 5. The topological polar surface area (TPSA) is 53.3 Å². The number of halogens is 1. The minimum atomic E-state index is -0.423. The van der Waals surface area contributed by atoms with E-state index in [2.05, 4.69) is 21.0 Å². The van der Waals surface area contributed by atoms with E-state index in [0.717, 1.165) is 11.3 Å². The van der Waals surface area contributed by atoms with Crippen molar-refractivity contribution in [2.45, 2.75) is 13.5 Å². The molecule has 0 aliphatic carbocycles. The van der Waals surface area contributed by atoms with Gasteiger partial charge >= 0.3 is 5.97 Å². The average Bonchev–Trinajstić information content (AvgIpc) is 2.81. The summed E-state index contributed by atoms with van der Waals surface area (Å²) in [7, 11) is 1.63. The molecule has 1 aromatic heterocycles. The van der Waals surface area contributed by atoms with E-state index in [9.17, 15) is 4.79 Å². The minimum absolute atomic E-state index is 0.292. The first-order chi connectivity index (χ1) is 9.63. The SMILES string of the molecule is CCOC(=O)c1nn(Cc2ccc(OC)cc2)cc1Br. The lowest BCUT2D eigenvalue weighted by molar-refractivity contribution is 0.0517. The third kappa shape index (κ3) is 3.39. The second-order valence-electron chi connectivity index (χ2n) is 4.09. The van der Waals surface area contributed by atoms with Crippen LogP contribution in [0.25, 0.3) is 0 Å². The van der Waals surface area contributed by atoms with Crippen LogP contribution in [0.3, 0.4) is 0 Å². The molecule has 0 saturated carbocycles. The fourth-order valence-corrected chi connectivity index (χ4v) is 2.21. The Morgan fingerprint density at radius 3 is 2.65 bits per heavy atom. The molecule has 6 heteroatoms. The molecule has 0 radical (unpaired) electrons. The summed E-state index contributed by atoms with van der Waals surface area (Å²) in [6.45, 7) is 2.67. The van der Waals surface area contributed by atoms with Gasteiger partial charge in [-0.15, -0.1) is 0 Å². The lowest BCUT2D eigenvalue weighted by atomic mass is 10.2. The zero-order valence-electron chi connectivity index (χ0n) is 11.3. The largest absolute Gasteiger partial charge is 0.497 e. The number of esters is 1. The highest BCUT2D eigenvalue weighted by Crippen LogP contribution is 2.18. The summed E-state index contributed by atoms with van der Waals surface area (Å²) in [5.41, 5.74) is 1.36. The van der Waals surface area contributed by atoms with E-state index in [1.54, 1.807) is 24.9 Å². The van der Waals surface area contributed by atoms with Crippen LogP contribution in [0, 0.1) is 0 Å². The van der Waals surface area contributed by atoms with Crippen molar-refractivity contribution < 1.29 is 14.3 Å². The van der Waals surface area contributed by atoms with E-state index in [4.69, 9.17) is 9.47 Å². The van der Waals surface area contributed by atoms with Crippen molar-refractivity contribution in [1.82, 2.24) is 9.78 Å². The fraction of sp³-hybridized carbons (Fsp3) is 0.286. The Morgan fingerprint density at radius 1 is 1.35 bits per heavy atom. The predicted molar refractivity (Wildman–Crippen MR) is 78.0 cm³/mol. The van der Waals surface area contributed by atoms with Crippen LogP contribution in [0.5, 0.6) is 5.75 Å². The Kier molecular flexibility index (Phi) is 4.79. The van der Waals surface area contributed by atoms with Crippen molar-refractivity contribution in [3.8, 4) is 5.75 Å². The van der Waals surface area contributed by atoms with E-state index in [0.29, 0.717) is 23.3 Å². The van der Waals surface area contributed by atoms with Gasteiger partial charge in [0.15, 0.2) is 5.69 Å². The molecule has 0 spiro atoms. The first kappa shape index (κ1) is 14.6. The molecule has 0 unspecified atom stereocenters. The Labute approximate surface area is 125 Å². The van der Waals surface area contributed by atoms with Crippen molar-refractivity contribution >= 4 is 21.9 Å². The number of benzene rings is 1. The molecule has 1 heterocycles. The van der Waals surface area contributed by atoms with Crippen molar-refractivity contribution in [1.29, 1.82) is 0 Å². The lowest BCUT2D eigenvalue weighted by Gasteiger charge is -2.03. The normalized spacial score (nSPS) is 10.3. The Bertz CT molecular complexity index is 593. The summed E-state index contributed by atoms with van der Waals surface area (Å²) in [5.74, 6) is 0.385. The number of aromatic nitrogens is 2. The van der Waals surface area contributed by atoms with E-state index < -0.39 is 5.97 Å². The quantitative estimate of drug-likeness (QED) is 0.786. The maximum Gasteiger partial charge on any atom is 0.360 e. The van der Waals surface area contributed by atoms with Crippen LogP contribution in [0.2, 0.25) is 0 Å². The molecule has 2 rings (SSSR count). The second kappa shape index (κ2) is 6.56. The zero-order valence-corrected chi connectivity index (χ0v) is 12.9. The zero-order chi connectivity index (χ0) is 14.5. The molecule has 0 atom stereocenters. The van der Waals surface area contributed by atoms with Gasteiger partial charge in [-0.1, -0.05) is 12.1 Å². The van der Waals surface area contributed by atoms with Crippen LogP contribution in [0.1, 0.15) is 23.0 Å². The van der Waals surface area contributed by atoms with Gasteiger partial charge in [-0.25, -0.2) is 4.79 Å². The van der Waals surface area contributed by atoms with Gasteiger partial charge in [-0.05, 0) is 40.5 Å². The summed E-state index contributed by atoms with van der Waals surface area (Å²) in [5, 5.41) is 4.23. The molecular weight excluding hydrogens is 324 g/mol. The average molecular weight is 339 g/mol. The van der Waals surface area contributed by atoms with Gasteiger partial charge < -0.3 is 9.47 Å². The third-order valence-corrected chi connectivity index (χ3v) is 3.27. The van der Waals surface area contributed by atoms with Gasteiger partial charge in [-0.2, -0.15) is 5.10 Å². The molecule has 0 amide bonds. The predicted octanol–water partition coefficient (Wildman–Crippen LogP) is 2.88. The molecule has 0 saturated heterocycles. The van der Waals surface area contributed by atoms with Crippen LogP contribution < -0.4 is 4.74 Å². The van der Waals surface area contributed by atoms with Crippen molar-refractivity contribution in [2.75, 3.05) is 13.7 Å². The standard InChI is InChI=1S/C14H15BrN2O3/c1-3-20-14(18)13-12(15)9-17(16-13)8-10-4-6-11(19-2)7-5-10/h4-7,9H,3,8H2,1-2H3. The third-order valence-electron chi connectivity index (χ3n) is 2.69. The summed E-state index contributed by atoms with van der Waals surface area (Å²) in [4.78, 5) is 11.7. The van der Waals surface area contributed by atoms with Crippen molar-refractivity contribution in [3.05, 3.63) is 46.2 Å². The molecule has 0 N–H and O–H groups in total. The van der Waals surface area contributed by atoms with E-state index in [-0.39, 0.29) is 0 Å². The van der Waals surface area contributed by atoms with Gasteiger partial charge in [0.05, 0.1) is 24.7 Å². The highest BCUT2D eigenvalue weighted by Gasteiger charge is 2.16. The molecule has 106 valence electrons. The van der Waals surface area contributed by atoms with Crippen LogP contribution in [0.4, 0.5) is 0 Å². The smallest absolute Gasteiger partial charge is 0.360 e. The first-order valence-corrected chi connectivity index (χ1v) is 6.96. The van der Waals surface area contributed by atoms with E-state index in [1.165, 1.54) is 0 Å². The maximum atomic E-state index is 11.7. The van der Waals surface area contributed by atoms with Crippen LogP contribution in [-0.4, -0.2) is 29.5 Å². The van der Waals surface area contributed by atoms with Gasteiger partial charge in [-0.3, -0.25) is 4.68 Å². The van der Waals surface area contributed by atoms with Gasteiger partial charge in [0.1, 0.15) is 5.75 Å². The summed E-state index contributed by atoms with van der Waals surface area (Å²) >= 11 is 3.32. The van der Waals surface area contributed by atoms with Gasteiger partial charge in [0.25, 0.3) is 0 Å². The molecule has 0 aliphatic heterocycles. The minimum Gasteiger partial charge on any atom is -0.497 e. The molecule has 0 aliphatic rings. The maximum absolute atomic E-state index is 11.7. The number of carbonyl (C=O) groups is 1. The Hall–Kier alpha value is -1.82. The molecule has 0 fully saturated rings. The fourth-order valence-electron chi connectivity index (χ4n) is 1.73. The molecular formula is C14H15BrN2O3. The van der Waals surface area contributed by atoms with E-state index in [1.807, 2.05) is 24.3 Å². The second-order valence-corrected chi connectivity index (χ2v) is 4.95. The number of nitrogens with zero attached hydrogens (tertiary/aromatic N) is 2. The molecule has 0 bridgehead atoms. The number of hydrogen-bond acceptors (Lipinski definition) is 4. The van der Waals surface area contributed by atoms with Crippen LogP contribution in [-0.2, 0) is 11.3 Å². The highest BCUT2D eigenvalue weighted by molar-refractivity contribution is 9.10. The van der Waals surface area contributed by atoms with Crippen molar-refractivity contribution in [2.24, 2.45) is 0 Å². The van der Waals surface area contributed by atoms with Crippen molar-refractivity contribution in [3.63, 3.8) is 0 Å². The number of ether oxygens (including phenoxy) is 2. The summed E-state index contributed by atoms with van der Waals surface area (Å²) in [6, 6.07) is 7.69. The van der Waals surface area contributed by atoms with E-state index >= 15 is 0 Å². The monoisotopic (exact) mass is 338 g/mol. The number of carbonyl (C=O) groups excluding carboxylic acids is 1. The molecule has 2 aromatic rings. The van der Waals surface area contributed by atoms with Crippen LogP contribution in [0.15, 0.2) is 34.9 Å². The molecule has 1 aromatic carbocycles. The Balaban J connectivity index is 2.13. The summed E-state index contributed by atoms with van der Waals surface area (Å²) in [6.07, 6.45) is 1.76. The number of hydrogen-bond donors (Lipinski definition) is 0. The molecule has 20 heavy (non-hydrogen) atoms. The lowest BCUT2D eigenvalue weighted by Crippen LogP contribution is -2.08. The van der Waals surface area contributed by atoms with Crippen LogP contribution >= 0.6 is 15.9 Å². The highest BCUT2D eigenvalue weighted by atomic mass is 79.9. The summed E-state index contributed by atoms with van der Waals surface area (Å²) < 4.78 is 12.4. The molecule has 5 nitrogen and oxygen atoms in total. The first-order valence-electron chi connectivity index (χ1n) is 6.17. The Morgan fingerprint density at radius 2 is 2.05 bits per heavy atom.